The van der Waals surface area contributed by atoms with Crippen molar-refractivity contribution in [2.45, 2.75) is 11.8 Å². The maximum Gasteiger partial charge on any atom is 0.138 e. The van der Waals surface area contributed by atoms with Gasteiger partial charge in [-0.3, -0.25) is 0 Å². The van der Waals surface area contributed by atoms with E-state index in [2.05, 4.69) is 17.5 Å². The Kier molecular flexibility index (Phi) is 3.15. The first kappa shape index (κ1) is 10.6. The molecule has 0 fully saturated rings. The van der Waals surface area contributed by atoms with Crippen LogP contribution in [0.2, 0.25) is 0 Å². The van der Waals surface area contributed by atoms with Crippen LogP contribution in [0.25, 0.3) is 11.1 Å². The molecule has 0 aliphatic carbocycles. The van der Waals surface area contributed by atoms with Crippen LogP contribution >= 0.6 is 11.8 Å². The van der Waals surface area contributed by atoms with Gasteiger partial charge in [0.25, 0.3) is 0 Å². The van der Waals surface area contributed by atoms with E-state index in [1.54, 1.807) is 0 Å². The fraction of sp³-hybridized carbons (Fsp3) is 0.0714. The summed E-state index contributed by atoms with van der Waals surface area (Å²) in [5, 5.41) is 10.6. The zero-order valence-electron chi connectivity index (χ0n) is 8.82. The van der Waals surface area contributed by atoms with E-state index in [1.807, 2.05) is 43.3 Å². The summed E-state index contributed by atoms with van der Waals surface area (Å²) in [7, 11) is 0. The van der Waals surface area contributed by atoms with Crippen LogP contribution < -0.4 is 0 Å². The number of hydrogen-bond donors (Lipinski definition) is 0. The lowest BCUT2D eigenvalue weighted by Crippen LogP contribution is -1.76. The van der Waals surface area contributed by atoms with Crippen LogP contribution in [-0.2, 0) is 0 Å². The summed E-state index contributed by atoms with van der Waals surface area (Å²) in [6.07, 6.45) is 0. The SMILES string of the molecule is Cc1c#cc(-c2ccc(SC#N)cc2)cc1. The van der Waals surface area contributed by atoms with Crippen molar-refractivity contribution in [2.75, 3.05) is 0 Å². The second-order valence-electron chi connectivity index (χ2n) is 3.40. The van der Waals surface area contributed by atoms with Gasteiger partial charge >= 0.3 is 0 Å². The van der Waals surface area contributed by atoms with Crippen molar-refractivity contribution in [3.05, 3.63) is 54.1 Å². The van der Waals surface area contributed by atoms with Gasteiger partial charge in [0.05, 0.1) is 0 Å². The molecule has 0 amide bonds. The molecule has 0 bridgehead atoms. The molecule has 0 atom stereocenters. The van der Waals surface area contributed by atoms with Gasteiger partial charge in [-0.1, -0.05) is 24.3 Å². The third kappa shape index (κ3) is 2.37. The quantitative estimate of drug-likeness (QED) is 0.570. The lowest BCUT2D eigenvalue weighted by molar-refractivity contribution is 1.45. The van der Waals surface area contributed by atoms with Gasteiger partial charge in [-0.25, -0.2) is 0 Å². The van der Waals surface area contributed by atoms with Crippen molar-refractivity contribution in [1.82, 2.24) is 0 Å². The average molecular weight is 223 g/mol. The minimum atomic E-state index is 0.961. The van der Waals surface area contributed by atoms with Crippen LogP contribution in [0.5, 0.6) is 0 Å². The van der Waals surface area contributed by atoms with Gasteiger partial charge in [0.1, 0.15) is 5.40 Å². The molecule has 16 heavy (non-hydrogen) atoms. The van der Waals surface area contributed by atoms with Crippen molar-refractivity contribution in [3.8, 4) is 16.5 Å². The van der Waals surface area contributed by atoms with E-state index in [-0.39, 0.29) is 0 Å². The highest BCUT2D eigenvalue weighted by atomic mass is 32.2. The van der Waals surface area contributed by atoms with Crippen LogP contribution in [0.4, 0.5) is 0 Å². The molecular formula is C14H9NS. The zero-order valence-corrected chi connectivity index (χ0v) is 9.64. The predicted molar refractivity (Wildman–Crippen MR) is 65.8 cm³/mol. The van der Waals surface area contributed by atoms with Crippen LogP contribution in [0.1, 0.15) is 5.56 Å². The molecule has 2 rings (SSSR count). The molecular weight excluding hydrogens is 214 g/mol. The minimum absolute atomic E-state index is 0.961. The van der Waals surface area contributed by atoms with E-state index in [4.69, 9.17) is 5.26 Å². The molecule has 0 aliphatic heterocycles. The van der Waals surface area contributed by atoms with E-state index in [0.717, 1.165) is 21.6 Å². The second-order valence-corrected chi connectivity index (χ2v) is 4.26. The lowest BCUT2D eigenvalue weighted by Gasteiger charge is -1.99. The molecule has 1 nitrogen and oxygen atoms in total. The van der Waals surface area contributed by atoms with Crippen LogP contribution in [0.3, 0.4) is 0 Å². The molecule has 0 unspecified atom stereocenters. The molecule has 0 saturated carbocycles. The summed E-state index contributed by atoms with van der Waals surface area (Å²) in [5.74, 6) is 0. The largest absolute Gasteiger partial charge is 0.185 e. The van der Waals surface area contributed by atoms with E-state index in [9.17, 15) is 0 Å². The highest BCUT2D eigenvalue weighted by Gasteiger charge is 1.97. The molecule has 0 heterocycles. The molecule has 2 heteroatoms. The van der Waals surface area contributed by atoms with Crippen molar-refractivity contribution in [3.63, 3.8) is 0 Å². The average Bonchev–Trinajstić information content (AvgIpc) is 2.32. The number of benzene rings is 1. The van der Waals surface area contributed by atoms with Gasteiger partial charge in [-0.05, 0) is 54.1 Å². The summed E-state index contributed by atoms with van der Waals surface area (Å²) < 4.78 is 0. The Morgan fingerprint density at radius 3 is 2.38 bits per heavy atom. The topological polar surface area (TPSA) is 23.8 Å². The number of nitriles is 1. The lowest BCUT2D eigenvalue weighted by atomic mass is 10.1. The van der Waals surface area contributed by atoms with Crippen molar-refractivity contribution in [2.24, 2.45) is 0 Å². The van der Waals surface area contributed by atoms with Gasteiger partial charge < -0.3 is 0 Å². The fourth-order valence-electron chi connectivity index (χ4n) is 1.38. The maximum absolute atomic E-state index is 8.54. The van der Waals surface area contributed by atoms with Crippen molar-refractivity contribution in [1.29, 1.82) is 5.26 Å². The van der Waals surface area contributed by atoms with Crippen molar-refractivity contribution >= 4 is 11.8 Å². The Labute approximate surface area is 99.7 Å². The molecule has 0 radical (unpaired) electrons. The monoisotopic (exact) mass is 223 g/mol. The second kappa shape index (κ2) is 4.75. The molecule has 0 aliphatic rings. The zero-order chi connectivity index (χ0) is 11.4. The van der Waals surface area contributed by atoms with Gasteiger partial charge in [0.2, 0.25) is 0 Å². The third-order valence-electron chi connectivity index (χ3n) is 2.22. The van der Waals surface area contributed by atoms with Gasteiger partial charge in [-0.15, -0.1) is 0 Å². The Morgan fingerprint density at radius 2 is 1.81 bits per heavy atom. The Balaban J connectivity index is 2.28. The van der Waals surface area contributed by atoms with E-state index in [0.29, 0.717) is 0 Å². The number of thiocyanates is 1. The van der Waals surface area contributed by atoms with Gasteiger partial charge in [0, 0.05) is 10.5 Å². The smallest absolute Gasteiger partial charge is 0.138 e. The first-order chi connectivity index (χ1) is 7.79. The van der Waals surface area contributed by atoms with Gasteiger partial charge in [0.15, 0.2) is 0 Å². The Bertz CT molecular complexity index is 506. The Morgan fingerprint density at radius 1 is 1.06 bits per heavy atom. The molecule has 0 saturated heterocycles. The normalized spacial score (nSPS) is 9.25. The first-order valence-corrected chi connectivity index (χ1v) is 5.68. The predicted octanol–water partition coefficient (Wildman–Crippen LogP) is 3.84. The van der Waals surface area contributed by atoms with Crippen LogP contribution in [-0.4, -0.2) is 0 Å². The highest BCUT2D eigenvalue weighted by molar-refractivity contribution is 8.03. The number of thioether (sulfide) groups is 1. The first-order valence-electron chi connectivity index (χ1n) is 4.86. The maximum atomic E-state index is 8.54. The van der Waals surface area contributed by atoms with E-state index >= 15 is 0 Å². The summed E-state index contributed by atoms with van der Waals surface area (Å²) >= 11 is 1.17. The molecule has 2 aromatic rings. The Hall–Kier alpha value is -1.90. The number of aryl methyl sites for hydroxylation is 1. The van der Waals surface area contributed by atoms with Crippen molar-refractivity contribution < 1.29 is 0 Å². The summed E-state index contributed by atoms with van der Waals surface area (Å²) in [6.45, 7) is 1.99. The molecule has 0 aromatic heterocycles. The molecule has 0 N–H and O–H groups in total. The van der Waals surface area contributed by atoms with E-state index < -0.39 is 0 Å². The number of hydrogen-bond acceptors (Lipinski definition) is 2. The summed E-state index contributed by atoms with van der Waals surface area (Å²) in [6, 6.07) is 18.1. The number of nitrogens with zero attached hydrogens (tertiary/aromatic N) is 1. The summed E-state index contributed by atoms with van der Waals surface area (Å²) in [5.41, 5.74) is 3.21. The van der Waals surface area contributed by atoms with E-state index in [1.165, 1.54) is 11.8 Å². The van der Waals surface area contributed by atoms with Crippen LogP contribution in [0.15, 0.2) is 41.3 Å². The number of rotatable bonds is 2. The van der Waals surface area contributed by atoms with Gasteiger partial charge in [-0.2, -0.15) is 5.26 Å². The third-order valence-corrected chi connectivity index (χ3v) is 2.82. The molecule has 0 spiro atoms. The summed E-state index contributed by atoms with van der Waals surface area (Å²) in [4.78, 5) is 0.961. The molecule has 2 aromatic carbocycles. The minimum Gasteiger partial charge on any atom is -0.185 e. The highest BCUT2D eigenvalue weighted by Crippen LogP contribution is 2.22. The molecule has 76 valence electrons. The standard InChI is InChI=1S/C14H9NS/c1-11-2-4-12(5-3-11)13-6-8-14(9-7-13)16-10-15/h2,4,6-9H,1H3. The van der Waals surface area contributed by atoms with Crippen LogP contribution in [0, 0.1) is 29.7 Å². The fourth-order valence-corrected chi connectivity index (χ4v) is 1.76.